The fraction of sp³-hybridized carbons (Fsp3) is 0.333. The molecule has 0 amide bonds. The average molecular weight is 246 g/mol. The van der Waals surface area contributed by atoms with Gasteiger partial charge in [0.2, 0.25) is 0 Å². The van der Waals surface area contributed by atoms with E-state index in [4.69, 9.17) is 26.1 Å². The van der Waals surface area contributed by atoms with Gasteiger partial charge < -0.3 is 20.9 Å². The van der Waals surface area contributed by atoms with Crippen LogP contribution in [-0.2, 0) is 4.74 Å². The van der Waals surface area contributed by atoms with E-state index in [0.29, 0.717) is 24.5 Å². The van der Waals surface area contributed by atoms with Crippen LogP contribution in [0.2, 0.25) is 0 Å². The molecule has 0 saturated carbocycles. The van der Waals surface area contributed by atoms with Gasteiger partial charge in [-0.1, -0.05) is 0 Å². The molecule has 18 heavy (non-hydrogen) atoms. The Kier molecular flexibility index (Phi) is 5.46. The second-order valence-electron chi connectivity index (χ2n) is 3.47. The summed E-state index contributed by atoms with van der Waals surface area (Å²) in [6.45, 7) is 1.19. The van der Waals surface area contributed by atoms with Crippen molar-refractivity contribution < 1.29 is 9.84 Å². The number of rotatable bonds is 6. The van der Waals surface area contributed by atoms with Crippen LogP contribution in [0, 0.1) is 22.7 Å². The number of nitrogens with two attached hydrogens (primary N) is 1. The number of anilines is 2. The molecule has 1 rings (SSSR count). The van der Waals surface area contributed by atoms with Crippen molar-refractivity contribution >= 4 is 11.4 Å². The van der Waals surface area contributed by atoms with Gasteiger partial charge >= 0.3 is 0 Å². The highest BCUT2D eigenvalue weighted by molar-refractivity contribution is 5.71. The maximum Gasteiger partial charge on any atom is 0.101 e. The zero-order chi connectivity index (χ0) is 13.4. The van der Waals surface area contributed by atoms with Crippen molar-refractivity contribution in [2.75, 3.05) is 37.4 Å². The van der Waals surface area contributed by atoms with Gasteiger partial charge in [-0.05, 0) is 12.1 Å². The van der Waals surface area contributed by atoms with E-state index in [2.05, 4.69) is 5.32 Å². The van der Waals surface area contributed by atoms with Gasteiger partial charge in [-0.25, -0.2) is 0 Å². The molecule has 0 aliphatic rings. The number of nitrogen functional groups attached to an aromatic ring is 1. The van der Waals surface area contributed by atoms with Crippen molar-refractivity contribution in [3.8, 4) is 12.1 Å². The third-order valence-electron chi connectivity index (χ3n) is 2.23. The van der Waals surface area contributed by atoms with Crippen LogP contribution in [0.4, 0.5) is 11.4 Å². The predicted octanol–water partition coefficient (Wildman–Crippen LogP) is 0.433. The van der Waals surface area contributed by atoms with Crippen molar-refractivity contribution in [2.45, 2.75) is 0 Å². The first-order chi connectivity index (χ1) is 8.72. The largest absolute Gasteiger partial charge is 0.397 e. The van der Waals surface area contributed by atoms with E-state index in [1.165, 1.54) is 6.07 Å². The molecule has 4 N–H and O–H groups in total. The lowest BCUT2D eigenvalue weighted by molar-refractivity contribution is 0.0992. The van der Waals surface area contributed by atoms with Crippen molar-refractivity contribution in [3.63, 3.8) is 0 Å². The Morgan fingerprint density at radius 1 is 1.22 bits per heavy atom. The minimum Gasteiger partial charge on any atom is -0.397 e. The molecule has 0 aliphatic heterocycles. The summed E-state index contributed by atoms with van der Waals surface area (Å²) in [7, 11) is 0. The first-order valence-electron chi connectivity index (χ1n) is 5.39. The van der Waals surface area contributed by atoms with Gasteiger partial charge in [0.1, 0.15) is 12.1 Å². The molecule has 0 fully saturated rings. The Balaban J connectivity index is 2.67. The highest BCUT2D eigenvalue weighted by Crippen LogP contribution is 2.22. The SMILES string of the molecule is N#Cc1cc(N)c(NCCOCCO)cc1C#N. The molecule has 1 aromatic carbocycles. The lowest BCUT2D eigenvalue weighted by Crippen LogP contribution is -2.12. The molecule has 0 unspecified atom stereocenters. The molecular formula is C12H14N4O2. The minimum atomic E-state index is -0.0163. The monoisotopic (exact) mass is 246 g/mol. The molecule has 0 heterocycles. The highest BCUT2D eigenvalue weighted by atomic mass is 16.5. The predicted molar refractivity (Wildman–Crippen MR) is 66.7 cm³/mol. The zero-order valence-electron chi connectivity index (χ0n) is 9.81. The smallest absolute Gasteiger partial charge is 0.101 e. The average Bonchev–Trinajstić information content (AvgIpc) is 2.39. The van der Waals surface area contributed by atoms with Crippen LogP contribution < -0.4 is 11.1 Å². The third-order valence-corrected chi connectivity index (χ3v) is 2.23. The molecule has 0 saturated heterocycles. The Labute approximate surface area is 105 Å². The van der Waals surface area contributed by atoms with Crippen molar-refractivity contribution in [1.82, 2.24) is 0 Å². The second kappa shape index (κ2) is 7.13. The highest BCUT2D eigenvalue weighted by Gasteiger charge is 2.07. The normalized spacial score (nSPS) is 9.50. The molecule has 6 nitrogen and oxygen atoms in total. The number of hydrogen-bond donors (Lipinski definition) is 3. The third kappa shape index (κ3) is 3.63. The van der Waals surface area contributed by atoms with Crippen LogP contribution in [-0.4, -0.2) is 31.5 Å². The van der Waals surface area contributed by atoms with E-state index < -0.39 is 0 Å². The summed E-state index contributed by atoms with van der Waals surface area (Å²) in [4.78, 5) is 0. The van der Waals surface area contributed by atoms with Crippen LogP contribution in [0.5, 0.6) is 0 Å². The summed E-state index contributed by atoms with van der Waals surface area (Å²) >= 11 is 0. The molecule has 6 heteroatoms. The lowest BCUT2D eigenvalue weighted by atomic mass is 10.1. The van der Waals surface area contributed by atoms with Gasteiger partial charge in [-0.2, -0.15) is 10.5 Å². The Morgan fingerprint density at radius 3 is 2.50 bits per heavy atom. The quantitative estimate of drug-likeness (QED) is 0.495. The fourth-order valence-electron chi connectivity index (χ4n) is 1.38. The zero-order valence-corrected chi connectivity index (χ0v) is 9.81. The van der Waals surface area contributed by atoms with Crippen LogP contribution in [0.1, 0.15) is 11.1 Å². The molecule has 0 spiro atoms. The van der Waals surface area contributed by atoms with E-state index >= 15 is 0 Å². The number of ether oxygens (including phenoxy) is 1. The van der Waals surface area contributed by atoms with E-state index in [1.807, 2.05) is 12.1 Å². The summed E-state index contributed by atoms with van der Waals surface area (Å²) < 4.78 is 5.08. The molecule has 94 valence electrons. The molecular weight excluding hydrogens is 232 g/mol. The van der Waals surface area contributed by atoms with Crippen molar-refractivity contribution in [3.05, 3.63) is 23.3 Å². The van der Waals surface area contributed by atoms with Crippen LogP contribution in [0.25, 0.3) is 0 Å². The second-order valence-corrected chi connectivity index (χ2v) is 3.47. The summed E-state index contributed by atoms with van der Waals surface area (Å²) in [5.74, 6) is 0. The van der Waals surface area contributed by atoms with Gasteiger partial charge in [0.15, 0.2) is 0 Å². The van der Waals surface area contributed by atoms with Gasteiger partial charge in [0.05, 0.1) is 42.3 Å². The number of aliphatic hydroxyl groups is 1. The van der Waals surface area contributed by atoms with Gasteiger partial charge in [-0.15, -0.1) is 0 Å². The van der Waals surface area contributed by atoms with Gasteiger partial charge in [0, 0.05) is 6.54 Å². The van der Waals surface area contributed by atoms with Crippen molar-refractivity contribution in [2.24, 2.45) is 0 Å². The first kappa shape index (κ1) is 13.8. The summed E-state index contributed by atoms with van der Waals surface area (Å²) in [5, 5.41) is 29.2. The van der Waals surface area contributed by atoms with Crippen molar-refractivity contribution in [1.29, 1.82) is 10.5 Å². The molecule has 0 radical (unpaired) electrons. The van der Waals surface area contributed by atoms with E-state index in [1.54, 1.807) is 6.07 Å². The number of nitriles is 2. The Hall–Kier alpha value is -2.28. The number of nitrogens with one attached hydrogen (secondary N) is 1. The van der Waals surface area contributed by atoms with Crippen LogP contribution in [0.15, 0.2) is 12.1 Å². The first-order valence-corrected chi connectivity index (χ1v) is 5.39. The van der Waals surface area contributed by atoms with Crippen LogP contribution >= 0.6 is 0 Å². The van der Waals surface area contributed by atoms with Crippen LogP contribution in [0.3, 0.4) is 0 Å². The molecule has 0 bridgehead atoms. The van der Waals surface area contributed by atoms with Gasteiger partial charge in [0.25, 0.3) is 0 Å². The minimum absolute atomic E-state index is 0.0163. The molecule has 0 atom stereocenters. The van der Waals surface area contributed by atoms with E-state index in [-0.39, 0.29) is 24.3 Å². The summed E-state index contributed by atoms with van der Waals surface area (Å²) in [6.07, 6.45) is 0. The maximum absolute atomic E-state index is 8.88. The Morgan fingerprint density at radius 2 is 1.89 bits per heavy atom. The lowest BCUT2D eigenvalue weighted by Gasteiger charge is -2.10. The topological polar surface area (TPSA) is 115 Å². The maximum atomic E-state index is 8.88. The number of hydrogen-bond acceptors (Lipinski definition) is 6. The van der Waals surface area contributed by atoms with Gasteiger partial charge in [-0.3, -0.25) is 0 Å². The molecule has 0 aliphatic carbocycles. The number of aliphatic hydroxyl groups excluding tert-OH is 1. The molecule has 0 aromatic heterocycles. The number of benzene rings is 1. The summed E-state index contributed by atoms with van der Waals surface area (Å²) in [5.41, 5.74) is 7.31. The number of nitrogens with zero attached hydrogens (tertiary/aromatic N) is 2. The Bertz CT molecular complexity index is 488. The summed E-state index contributed by atoms with van der Waals surface area (Å²) in [6, 6.07) is 6.87. The standard InChI is InChI=1S/C12H14N4O2/c13-7-9-5-11(15)12(6-10(9)8-14)16-1-3-18-4-2-17/h5-6,16-17H,1-4,15H2. The molecule has 1 aromatic rings. The van der Waals surface area contributed by atoms with E-state index in [0.717, 1.165) is 0 Å². The fourth-order valence-corrected chi connectivity index (χ4v) is 1.38. The van der Waals surface area contributed by atoms with E-state index in [9.17, 15) is 0 Å².